The molecule has 0 aliphatic heterocycles. The average molecular weight is 233 g/mol. The highest BCUT2D eigenvalue weighted by Crippen LogP contribution is 2.51. The Morgan fingerprint density at radius 3 is 2.65 bits per heavy atom. The van der Waals surface area contributed by atoms with Crippen LogP contribution in [0.1, 0.15) is 71.6 Å². The summed E-state index contributed by atoms with van der Waals surface area (Å²) >= 11 is 0. The molecule has 17 heavy (non-hydrogen) atoms. The Morgan fingerprint density at radius 1 is 1.18 bits per heavy atom. The van der Waals surface area contributed by atoms with E-state index in [1.165, 1.54) is 51.4 Å². The van der Waals surface area contributed by atoms with Gasteiger partial charge in [-0.05, 0) is 56.3 Å². The Hall–Kier alpha value is -0.510. The Labute approximate surface area is 107 Å². The molecule has 0 aromatic rings. The second-order valence-corrected chi connectivity index (χ2v) is 6.48. The van der Waals surface area contributed by atoms with Crippen molar-refractivity contribution in [2.75, 3.05) is 0 Å². The first-order valence-electron chi connectivity index (χ1n) is 7.64. The van der Waals surface area contributed by atoms with Gasteiger partial charge in [0.2, 0.25) is 0 Å². The predicted octanol–water partition coefficient (Wildman–Crippen LogP) is 4.92. The molecule has 2 rings (SSSR count). The Morgan fingerprint density at radius 2 is 2.00 bits per heavy atom. The lowest BCUT2D eigenvalue weighted by atomic mass is 9.59. The minimum absolute atomic E-state index is 0.0404. The van der Waals surface area contributed by atoms with Crippen LogP contribution in [0.5, 0.6) is 0 Å². The summed E-state index contributed by atoms with van der Waals surface area (Å²) in [6, 6.07) is 2.64. The zero-order valence-corrected chi connectivity index (χ0v) is 11.5. The molecule has 0 aromatic heterocycles. The molecule has 2 fully saturated rings. The average Bonchev–Trinajstić information content (AvgIpc) is 2.38. The maximum absolute atomic E-state index is 9.42. The number of fused-ring (bicyclic) bond motifs is 1. The van der Waals surface area contributed by atoms with E-state index in [0.717, 1.165) is 24.2 Å². The summed E-state index contributed by atoms with van der Waals surface area (Å²) in [6.07, 6.45) is 11.8. The third kappa shape index (κ3) is 2.67. The molecule has 4 unspecified atom stereocenters. The number of hydrogen-bond acceptors (Lipinski definition) is 1. The van der Waals surface area contributed by atoms with Crippen molar-refractivity contribution < 1.29 is 0 Å². The van der Waals surface area contributed by atoms with Crippen LogP contribution in [-0.4, -0.2) is 0 Å². The molecule has 0 bridgehead atoms. The van der Waals surface area contributed by atoms with Crippen LogP contribution in [0.4, 0.5) is 0 Å². The predicted molar refractivity (Wildman–Crippen MR) is 71.4 cm³/mol. The van der Waals surface area contributed by atoms with Gasteiger partial charge < -0.3 is 0 Å². The van der Waals surface area contributed by atoms with Crippen LogP contribution in [0.3, 0.4) is 0 Å². The first-order chi connectivity index (χ1) is 8.23. The van der Waals surface area contributed by atoms with Crippen molar-refractivity contribution in [2.45, 2.75) is 71.6 Å². The van der Waals surface area contributed by atoms with Crippen molar-refractivity contribution >= 4 is 0 Å². The molecule has 0 saturated heterocycles. The minimum Gasteiger partial charge on any atom is -0.198 e. The molecule has 1 nitrogen and oxygen atoms in total. The summed E-state index contributed by atoms with van der Waals surface area (Å²) in [5.41, 5.74) is 0.0404. The second-order valence-electron chi connectivity index (χ2n) is 6.48. The van der Waals surface area contributed by atoms with E-state index < -0.39 is 0 Å². The molecule has 0 aromatic carbocycles. The molecule has 0 heterocycles. The van der Waals surface area contributed by atoms with E-state index in [1.54, 1.807) is 0 Å². The third-order valence-electron chi connectivity index (χ3n) is 5.51. The smallest absolute Gasteiger partial charge is 0.0689 e. The second kappa shape index (κ2) is 5.42. The van der Waals surface area contributed by atoms with E-state index in [4.69, 9.17) is 0 Å². The van der Waals surface area contributed by atoms with Crippen LogP contribution in [0, 0.1) is 34.5 Å². The van der Waals surface area contributed by atoms with Gasteiger partial charge in [-0.25, -0.2) is 0 Å². The normalized spacial score (nSPS) is 41.6. The quantitative estimate of drug-likeness (QED) is 0.678. The number of nitrogens with zero attached hydrogens (tertiary/aromatic N) is 1. The first kappa shape index (κ1) is 12.9. The Balaban J connectivity index is 1.95. The Kier molecular flexibility index (Phi) is 4.13. The number of nitriles is 1. The summed E-state index contributed by atoms with van der Waals surface area (Å²) in [5, 5.41) is 9.42. The lowest BCUT2D eigenvalue weighted by Gasteiger charge is -2.45. The van der Waals surface area contributed by atoms with E-state index in [0.29, 0.717) is 0 Å². The van der Waals surface area contributed by atoms with Crippen molar-refractivity contribution in [2.24, 2.45) is 23.2 Å². The van der Waals surface area contributed by atoms with Crippen molar-refractivity contribution in [3.05, 3.63) is 0 Å². The van der Waals surface area contributed by atoms with Gasteiger partial charge in [0, 0.05) is 0 Å². The van der Waals surface area contributed by atoms with Crippen molar-refractivity contribution in [1.82, 2.24) is 0 Å². The minimum atomic E-state index is 0.0404. The molecular formula is C16H27N. The van der Waals surface area contributed by atoms with Crippen molar-refractivity contribution in [3.8, 4) is 6.07 Å². The summed E-state index contributed by atoms with van der Waals surface area (Å²) in [7, 11) is 0. The molecule has 1 heteroatoms. The first-order valence-corrected chi connectivity index (χ1v) is 7.64. The summed E-state index contributed by atoms with van der Waals surface area (Å²) in [5.74, 6) is 2.82. The molecule has 2 saturated carbocycles. The molecule has 4 atom stereocenters. The molecule has 0 spiro atoms. The topological polar surface area (TPSA) is 23.8 Å². The van der Waals surface area contributed by atoms with E-state index in [9.17, 15) is 5.26 Å². The molecule has 2 aliphatic carbocycles. The van der Waals surface area contributed by atoms with Gasteiger partial charge in [0.25, 0.3) is 0 Å². The fourth-order valence-electron chi connectivity index (χ4n) is 4.28. The molecule has 96 valence electrons. The van der Waals surface area contributed by atoms with Gasteiger partial charge in [-0.2, -0.15) is 5.26 Å². The van der Waals surface area contributed by atoms with Gasteiger partial charge in [0.05, 0.1) is 11.5 Å². The fourth-order valence-corrected chi connectivity index (χ4v) is 4.28. The van der Waals surface area contributed by atoms with E-state index >= 15 is 0 Å². The number of rotatable bonds is 3. The molecular weight excluding hydrogens is 206 g/mol. The highest BCUT2D eigenvalue weighted by atomic mass is 14.5. The maximum atomic E-state index is 9.42. The van der Waals surface area contributed by atoms with Crippen molar-refractivity contribution in [1.29, 1.82) is 5.26 Å². The Bertz CT molecular complexity index is 290. The lowest BCUT2D eigenvalue weighted by molar-refractivity contribution is 0.0656. The summed E-state index contributed by atoms with van der Waals surface area (Å²) < 4.78 is 0. The van der Waals surface area contributed by atoms with Crippen LogP contribution in [0.15, 0.2) is 0 Å². The number of hydrogen-bond donors (Lipinski definition) is 0. The molecule has 2 aliphatic rings. The summed E-state index contributed by atoms with van der Waals surface area (Å²) in [4.78, 5) is 0. The van der Waals surface area contributed by atoms with Crippen LogP contribution in [0.25, 0.3) is 0 Å². The zero-order valence-electron chi connectivity index (χ0n) is 11.5. The SMILES string of the molecule is CCCC1CCC2CC(C#N)(CC)CCC2C1. The summed E-state index contributed by atoms with van der Waals surface area (Å²) in [6.45, 7) is 4.51. The van der Waals surface area contributed by atoms with Crippen LogP contribution >= 0.6 is 0 Å². The fraction of sp³-hybridized carbons (Fsp3) is 0.938. The highest BCUT2D eigenvalue weighted by Gasteiger charge is 2.42. The molecule has 0 amide bonds. The maximum Gasteiger partial charge on any atom is 0.0689 e. The van der Waals surface area contributed by atoms with Gasteiger partial charge in [0.1, 0.15) is 0 Å². The third-order valence-corrected chi connectivity index (χ3v) is 5.51. The lowest BCUT2D eigenvalue weighted by Crippen LogP contribution is -2.36. The largest absolute Gasteiger partial charge is 0.198 e. The van der Waals surface area contributed by atoms with E-state index in [1.807, 2.05) is 0 Å². The van der Waals surface area contributed by atoms with Crippen LogP contribution in [0.2, 0.25) is 0 Å². The monoisotopic (exact) mass is 233 g/mol. The standard InChI is InChI=1S/C16H27N/c1-3-5-13-6-7-15-11-16(4-2,12-17)9-8-14(15)10-13/h13-15H,3-11H2,1-2H3. The van der Waals surface area contributed by atoms with E-state index in [-0.39, 0.29) is 5.41 Å². The highest BCUT2D eigenvalue weighted by molar-refractivity contribution is 5.03. The zero-order chi connectivity index (χ0) is 12.3. The van der Waals surface area contributed by atoms with Gasteiger partial charge in [-0.3, -0.25) is 0 Å². The van der Waals surface area contributed by atoms with Crippen LogP contribution in [-0.2, 0) is 0 Å². The van der Waals surface area contributed by atoms with Crippen molar-refractivity contribution in [3.63, 3.8) is 0 Å². The van der Waals surface area contributed by atoms with E-state index in [2.05, 4.69) is 19.9 Å². The molecule has 0 N–H and O–H groups in total. The van der Waals surface area contributed by atoms with Gasteiger partial charge in [-0.15, -0.1) is 0 Å². The van der Waals surface area contributed by atoms with Crippen LogP contribution < -0.4 is 0 Å². The van der Waals surface area contributed by atoms with Gasteiger partial charge >= 0.3 is 0 Å². The molecule has 0 radical (unpaired) electrons. The van der Waals surface area contributed by atoms with Gasteiger partial charge in [0.15, 0.2) is 0 Å². The van der Waals surface area contributed by atoms with Gasteiger partial charge in [-0.1, -0.05) is 33.1 Å².